The van der Waals surface area contributed by atoms with Crippen LogP contribution in [0, 0.1) is 0 Å². The number of para-hydroxylation sites is 1. The van der Waals surface area contributed by atoms with E-state index >= 15 is 0 Å². The number of hydrogen-bond donors (Lipinski definition) is 3. The van der Waals surface area contributed by atoms with Crippen LogP contribution < -0.4 is 16.0 Å². The number of amides is 3. The van der Waals surface area contributed by atoms with Gasteiger partial charge in [0.05, 0.1) is 23.1 Å². The summed E-state index contributed by atoms with van der Waals surface area (Å²) in [5, 5.41) is 8.03. The van der Waals surface area contributed by atoms with E-state index in [1.54, 1.807) is 31.2 Å². The normalized spacial score (nSPS) is 11.4. The molecule has 25 heavy (non-hydrogen) atoms. The van der Waals surface area contributed by atoms with Crippen molar-refractivity contribution < 1.29 is 18.8 Å². The Morgan fingerprint density at radius 1 is 1.12 bits per heavy atom. The molecular weight excluding hydrogens is 322 g/mol. The fraction of sp³-hybridized carbons (Fsp3) is 0.278. The van der Waals surface area contributed by atoms with Crippen molar-refractivity contribution in [1.82, 2.24) is 10.6 Å². The Morgan fingerprint density at radius 2 is 1.88 bits per heavy atom. The van der Waals surface area contributed by atoms with E-state index in [0.717, 1.165) is 6.42 Å². The van der Waals surface area contributed by atoms with E-state index in [9.17, 15) is 14.4 Å². The van der Waals surface area contributed by atoms with E-state index < -0.39 is 17.9 Å². The monoisotopic (exact) mass is 343 g/mol. The van der Waals surface area contributed by atoms with Crippen molar-refractivity contribution in [2.75, 3.05) is 11.9 Å². The lowest BCUT2D eigenvalue weighted by atomic mass is 10.1. The minimum absolute atomic E-state index is 0.257. The molecule has 7 heteroatoms. The van der Waals surface area contributed by atoms with E-state index in [0.29, 0.717) is 23.4 Å². The van der Waals surface area contributed by atoms with Gasteiger partial charge >= 0.3 is 0 Å². The van der Waals surface area contributed by atoms with Crippen LogP contribution in [0.1, 0.15) is 41.0 Å². The molecule has 1 aromatic heterocycles. The summed E-state index contributed by atoms with van der Waals surface area (Å²) in [4.78, 5) is 36.4. The molecule has 7 nitrogen and oxygen atoms in total. The first-order valence-corrected chi connectivity index (χ1v) is 8.04. The lowest BCUT2D eigenvalue weighted by molar-refractivity contribution is -0.117. The van der Waals surface area contributed by atoms with Crippen molar-refractivity contribution in [3.8, 4) is 0 Å². The van der Waals surface area contributed by atoms with Gasteiger partial charge in [-0.1, -0.05) is 19.1 Å². The Bertz CT molecular complexity index is 741. The maximum atomic E-state index is 12.3. The van der Waals surface area contributed by atoms with Crippen LogP contribution in [-0.4, -0.2) is 30.3 Å². The Morgan fingerprint density at radius 3 is 2.56 bits per heavy atom. The minimum atomic E-state index is -0.783. The molecule has 1 aromatic carbocycles. The van der Waals surface area contributed by atoms with Gasteiger partial charge in [-0.15, -0.1) is 0 Å². The third-order valence-electron chi connectivity index (χ3n) is 3.49. The maximum absolute atomic E-state index is 12.3. The van der Waals surface area contributed by atoms with Gasteiger partial charge in [0, 0.05) is 6.54 Å². The first kappa shape index (κ1) is 18.3. The molecule has 3 N–H and O–H groups in total. The van der Waals surface area contributed by atoms with Crippen LogP contribution in [0.4, 0.5) is 5.69 Å². The van der Waals surface area contributed by atoms with E-state index in [2.05, 4.69) is 16.0 Å². The molecule has 0 saturated heterocycles. The molecule has 2 rings (SSSR count). The second-order valence-corrected chi connectivity index (χ2v) is 5.50. The summed E-state index contributed by atoms with van der Waals surface area (Å²) in [5.74, 6) is -1.09. The van der Waals surface area contributed by atoms with Gasteiger partial charge in [0.2, 0.25) is 5.91 Å². The van der Waals surface area contributed by atoms with Gasteiger partial charge in [0.25, 0.3) is 11.8 Å². The number of hydrogen-bond acceptors (Lipinski definition) is 4. The number of benzene rings is 1. The van der Waals surface area contributed by atoms with Gasteiger partial charge in [-0.25, -0.2) is 0 Å². The van der Waals surface area contributed by atoms with Crippen molar-refractivity contribution in [2.24, 2.45) is 0 Å². The Labute approximate surface area is 145 Å². The maximum Gasteiger partial charge on any atom is 0.255 e. The van der Waals surface area contributed by atoms with Crippen molar-refractivity contribution in [3.63, 3.8) is 0 Å². The summed E-state index contributed by atoms with van der Waals surface area (Å²) >= 11 is 0. The predicted molar refractivity (Wildman–Crippen MR) is 93.3 cm³/mol. The second kappa shape index (κ2) is 8.68. The first-order valence-electron chi connectivity index (χ1n) is 8.04. The topological polar surface area (TPSA) is 100 Å². The molecule has 0 bridgehead atoms. The summed E-state index contributed by atoms with van der Waals surface area (Å²) < 4.78 is 4.84. The second-order valence-electron chi connectivity index (χ2n) is 5.50. The third kappa shape index (κ3) is 4.94. The molecule has 1 atom stereocenters. The third-order valence-corrected chi connectivity index (χ3v) is 3.49. The molecule has 0 fully saturated rings. The molecule has 0 radical (unpaired) electrons. The fourth-order valence-electron chi connectivity index (χ4n) is 2.10. The Hall–Kier alpha value is -3.09. The summed E-state index contributed by atoms with van der Waals surface area (Å²) in [6, 6.07) is 7.45. The van der Waals surface area contributed by atoms with Crippen LogP contribution >= 0.6 is 0 Å². The standard InChI is InChI=1S/C18H21N3O4/c1-3-9-19-18(24)14-6-4-5-7-15(14)21-16(22)12(2)20-17(23)13-8-10-25-11-13/h4-8,10-12H,3,9H2,1-2H3,(H,19,24)(H,20,23)(H,21,22)/t12-/m0/s1. The largest absolute Gasteiger partial charge is 0.472 e. The molecule has 1 heterocycles. The highest BCUT2D eigenvalue weighted by atomic mass is 16.3. The lowest BCUT2D eigenvalue weighted by Crippen LogP contribution is -2.41. The van der Waals surface area contributed by atoms with Crippen LogP contribution in [0.3, 0.4) is 0 Å². The number of nitrogens with one attached hydrogen (secondary N) is 3. The van der Waals surface area contributed by atoms with E-state index in [-0.39, 0.29) is 5.91 Å². The summed E-state index contributed by atoms with van der Waals surface area (Å²) in [6.45, 7) is 4.07. The molecule has 0 aliphatic carbocycles. The molecule has 2 aromatic rings. The number of carbonyl (C=O) groups excluding carboxylic acids is 3. The highest BCUT2D eigenvalue weighted by Gasteiger charge is 2.19. The molecule has 0 unspecified atom stereocenters. The summed E-state index contributed by atoms with van der Waals surface area (Å²) in [7, 11) is 0. The SMILES string of the molecule is CCCNC(=O)c1ccccc1NC(=O)[C@H](C)NC(=O)c1ccoc1. The number of rotatable bonds is 7. The highest BCUT2D eigenvalue weighted by Crippen LogP contribution is 2.15. The predicted octanol–water partition coefficient (Wildman–Crippen LogP) is 2.18. The van der Waals surface area contributed by atoms with Gasteiger partial charge in [-0.2, -0.15) is 0 Å². The summed E-state index contributed by atoms with van der Waals surface area (Å²) in [6.07, 6.45) is 3.50. The van der Waals surface area contributed by atoms with Gasteiger partial charge in [0.1, 0.15) is 12.3 Å². The van der Waals surface area contributed by atoms with Crippen LogP contribution in [0.5, 0.6) is 0 Å². The van der Waals surface area contributed by atoms with Crippen LogP contribution in [0.2, 0.25) is 0 Å². The molecule has 0 aliphatic rings. The molecule has 132 valence electrons. The number of furan rings is 1. The lowest BCUT2D eigenvalue weighted by Gasteiger charge is -2.15. The van der Waals surface area contributed by atoms with E-state index in [1.807, 2.05) is 6.92 Å². The molecule has 0 aliphatic heterocycles. The van der Waals surface area contributed by atoms with Crippen LogP contribution in [0.25, 0.3) is 0 Å². The van der Waals surface area contributed by atoms with Crippen molar-refractivity contribution in [1.29, 1.82) is 0 Å². The highest BCUT2D eigenvalue weighted by molar-refractivity contribution is 6.06. The van der Waals surface area contributed by atoms with Gasteiger partial charge in [-0.05, 0) is 31.5 Å². The molecule has 0 saturated carbocycles. The number of anilines is 1. The first-order chi connectivity index (χ1) is 12.0. The van der Waals surface area contributed by atoms with Crippen molar-refractivity contribution in [3.05, 3.63) is 54.0 Å². The number of carbonyl (C=O) groups is 3. The quantitative estimate of drug-likeness (QED) is 0.717. The fourth-order valence-corrected chi connectivity index (χ4v) is 2.10. The average Bonchev–Trinajstić information content (AvgIpc) is 3.14. The molecule has 0 spiro atoms. The Kier molecular flexibility index (Phi) is 6.33. The minimum Gasteiger partial charge on any atom is -0.472 e. The van der Waals surface area contributed by atoms with Crippen LogP contribution in [0.15, 0.2) is 47.3 Å². The summed E-state index contributed by atoms with van der Waals surface area (Å²) in [5.41, 5.74) is 1.10. The smallest absolute Gasteiger partial charge is 0.255 e. The van der Waals surface area contributed by atoms with Gasteiger partial charge in [-0.3, -0.25) is 14.4 Å². The van der Waals surface area contributed by atoms with Gasteiger partial charge in [0.15, 0.2) is 0 Å². The van der Waals surface area contributed by atoms with Crippen LogP contribution in [-0.2, 0) is 4.79 Å². The van der Waals surface area contributed by atoms with E-state index in [1.165, 1.54) is 18.6 Å². The van der Waals surface area contributed by atoms with E-state index in [4.69, 9.17) is 4.42 Å². The van der Waals surface area contributed by atoms with Gasteiger partial charge < -0.3 is 20.4 Å². The zero-order chi connectivity index (χ0) is 18.2. The average molecular weight is 343 g/mol. The van der Waals surface area contributed by atoms with Crippen molar-refractivity contribution in [2.45, 2.75) is 26.3 Å². The Balaban J connectivity index is 2.02. The zero-order valence-corrected chi connectivity index (χ0v) is 14.2. The van der Waals surface area contributed by atoms with Crippen molar-refractivity contribution >= 4 is 23.4 Å². The zero-order valence-electron chi connectivity index (χ0n) is 14.2. The molecule has 3 amide bonds. The molecular formula is C18H21N3O4.